The van der Waals surface area contributed by atoms with Crippen molar-refractivity contribution in [2.45, 2.75) is 42.4 Å². The van der Waals surface area contributed by atoms with Crippen LogP contribution in [0.5, 0.6) is 0 Å². The summed E-state index contributed by atoms with van der Waals surface area (Å²) in [7, 11) is 0. The molecule has 0 saturated carbocycles. The van der Waals surface area contributed by atoms with Crippen LogP contribution < -0.4 is 10.2 Å². The molecule has 2 atom stereocenters. The van der Waals surface area contributed by atoms with Crippen LogP contribution in [0.1, 0.15) is 32.3 Å². The fourth-order valence-electron chi connectivity index (χ4n) is 4.10. The number of nitrogens with one attached hydrogen (secondary N) is 1. The highest BCUT2D eigenvalue weighted by Crippen LogP contribution is 2.38. The molecule has 2 aromatic carbocycles. The highest BCUT2D eigenvalue weighted by atomic mass is 32.2. The summed E-state index contributed by atoms with van der Waals surface area (Å²) in [5, 5.41) is 3.22. The number of imide groups is 1. The summed E-state index contributed by atoms with van der Waals surface area (Å²) in [6.07, 6.45) is 1.25. The predicted octanol–water partition coefficient (Wildman–Crippen LogP) is 3.76. The van der Waals surface area contributed by atoms with Crippen LogP contribution in [0.3, 0.4) is 0 Å². The van der Waals surface area contributed by atoms with Gasteiger partial charge >= 0.3 is 6.03 Å². The van der Waals surface area contributed by atoms with Crippen LogP contribution in [0.2, 0.25) is 0 Å². The zero-order chi connectivity index (χ0) is 21.3. The van der Waals surface area contributed by atoms with Gasteiger partial charge in [0.25, 0.3) is 5.91 Å². The number of carbonyl (C=O) groups excluding carboxylic acids is 3. The summed E-state index contributed by atoms with van der Waals surface area (Å²) in [5.41, 5.74) is 0.444. The predicted molar refractivity (Wildman–Crippen MR) is 117 cm³/mol. The number of anilines is 1. The van der Waals surface area contributed by atoms with Crippen molar-refractivity contribution in [3.8, 4) is 0 Å². The van der Waals surface area contributed by atoms with Crippen molar-refractivity contribution in [3.63, 3.8) is 0 Å². The number of fused-ring (bicyclic) bond motifs is 1. The van der Waals surface area contributed by atoms with Crippen LogP contribution in [-0.2, 0) is 15.1 Å². The van der Waals surface area contributed by atoms with Gasteiger partial charge in [0.15, 0.2) is 0 Å². The largest absolute Gasteiger partial charge is 0.325 e. The maximum atomic E-state index is 13.3. The van der Waals surface area contributed by atoms with Crippen molar-refractivity contribution in [3.05, 3.63) is 60.2 Å². The van der Waals surface area contributed by atoms with Crippen LogP contribution in [0, 0.1) is 0 Å². The molecule has 0 aliphatic carbocycles. The number of benzene rings is 2. The molecule has 1 fully saturated rings. The lowest BCUT2D eigenvalue weighted by Gasteiger charge is -2.27. The molecule has 1 saturated heterocycles. The van der Waals surface area contributed by atoms with Crippen molar-refractivity contribution in [2.24, 2.45) is 0 Å². The minimum atomic E-state index is -1.13. The lowest BCUT2D eigenvalue weighted by molar-refractivity contribution is -0.134. The number of urea groups is 1. The molecular weight excluding hydrogens is 398 g/mol. The minimum absolute atomic E-state index is 0.249. The molecule has 7 heteroatoms. The van der Waals surface area contributed by atoms with E-state index in [0.717, 1.165) is 27.5 Å². The standard InChI is InChI=1S/C23H25N3O3S/c1-3-23(17-9-5-4-6-10-17)21(28)26(22(29)24-23)15-20(27)25-14-13-16(2)30-19-12-8-7-11-18(19)25/h4-12,16H,3,13-15H2,1-2H3,(H,24,29)/t16-,23-/m1/s1. The molecule has 2 heterocycles. The second-order valence-electron chi connectivity index (χ2n) is 7.68. The van der Waals surface area contributed by atoms with Crippen molar-refractivity contribution in [1.29, 1.82) is 0 Å². The van der Waals surface area contributed by atoms with Gasteiger partial charge < -0.3 is 10.2 Å². The van der Waals surface area contributed by atoms with Gasteiger partial charge in [-0.3, -0.25) is 14.5 Å². The van der Waals surface area contributed by atoms with E-state index in [0.29, 0.717) is 18.2 Å². The molecule has 4 rings (SSSR count). The third kappa shape index (κ3) is 3.47. The van der Waals surface area contributed by atoms with E-state index in [9.17, 15) is 14.4 Å². The van der Waals surface area contributed by atoms with E-state index in [-0.39, 0.29) is 18.4 Å². The van der Waals surface area contributed by atoms with Gasteiger partial charge in [0.1, 0.15) is 12.1 Å². The first kappa shape index (κ1) is 20.5. The first-order chi connectivity index (χ1) is 14.5. The van der Waals surface area contributed by atoms with E-state index in [1.807, 2.05) is 61.5 Å². The summed E-state index contributed by atoms with van der Waals surface area (Å²) in [6.45, 7) is 4.29. The van der Waals surface area contributed by atoms with E-state index in [1.54, 1.807) is 16.7 Å². The molecule has 2 aliphatic heterocycles. The second kappa shape index (κ2) is 8.14. The number of rotatable bonds is 4. The number of amides is 4. The zero-order valence-electron chi connectivity index (χ0n) is 17.1. The minimum Gasteiger partial charge on any atom is -0.319 e. The summed E-state index contributed by atoms with van der Waals surface area (Å²) in [5.74, 6) is -0.624. The van der Waals surface area contributed by atoms with Crippen LogP contribution in [0.15, 0.2) is 59.5 Å². The number of para-hydroxylation sites is 1. The number of hydrogen-bond acceptors (Lipinski definition) is 4. The first-order valence-corrected chi connectivity index (χ1v) is 11.1. The molecule has 30 heavy (non-hydrogen) atoms. The third-order valence-corrected chi connectivity index (χ3v) is 7.05. The average molecular weight is 424 g/mol. The molecule has 2 aliphatic rings. The molecule has 1 N–H and O–H groups in total. The van der Waals surface area contributed by atoms with Gasteiger partial charge in [0.05, 0.1) is 5.69 Å². The Kier molecular flexibility index (Phi) is 5.56. The number of nitrogens with zero attached hydrogens (tertiary/aromatic N) is 2. The number of thioether (sulfide) groups is 1. The highest BCUT2D eigenvalue weighted by molar-refractivity contribution is 8.00. The Balaban J connectivity index is 1.60. The van der Waals surface area contributed by atoms with Crippen LogP contribution in [0.4, 0.5) is 10.5 Å². The van der Waals surface area contributed by atoms with E-state index in [1.165, 1.54) is 0 Å². The Hall–Kier alpha value is -2.80. The highest BCUT2D eigenvalue weighted by Gasteiger charge is 2.51. The SMILES string of the molecule is CC[C@]1(c2ccccc2)NC(=O)N(CC(=O)N2CC[C@@H](C)Sc3ccccc32)C1=O. The van der Waals surface area contributed by atoms with Gasteiger partial charge in [-0.1, -0.05) is 56.3 Å². The molecular formula is C23H25N3O3S. The summed E-state index contributed by atoms with van der Waals surface area (Å²) in [4.78, 5) is 43.1. The molecule has 0 spiro atoms. The van der Waals surface area contributed by atoms with Crippen molar-refractivity contribution in [2.75, 3.05) is 18.0 Å². The van der Waals surface area contributed by atoms with Crippen LogP contribution in [0.25, 0.3) is 0 Å². The summed E-state index contributed by atoms with van der Waals surface area (Å²) >= 11 is 1.74. The normalized spacial score (nSPS) is 23.7. The van der Waals surface area contributed by atoms with E-state index in [4.69, 9.17) is 0 Å². The molecule has 4 amide bonds. The van der Waals surface area contributed by atoms with Gasteiger partial charge in [-0.2, -0.15) is 0 Å². The third-order valence-electron chi connectivity index (χ3n) is 5.81. The Morgan fingerprint density at radius 2 is 1.83 bits per heavy atom. The van der Waals surface area contributed by atoms with E-state index < -0.39 is 11.6 Å². The number of carbonyl (C=O) groups is 3. The molecule has 2 aromatic rings. The van der Waals surface area contributed by atoms with Gasteiger partial charge in [-0.15, -0.1) is 11.8 Å². The second-order valence-corrected chi connectivity index (χ2v) is 9.16. The average Bonchev–Trinajstić information content (AvgIpc) is 2.89. The molecule has 0 aromatic heterocycles. The Bertz CT molecular complexity index is 981. The van der Waals surface area contributed by atoms with Crippen LogP contribution >= 0.6 is 11.8 Å². The number of hydrogen-bond donors (Lipinski definition) is 1. The topological polar surface area (TPSA) is 69.7 Å². The van der Waals surface area contributed by atoms with Gasteiger partial charge in [-0.25, -0.2) is 4.79 Å². The lowest BCUT2D eigenvalue weighted by atomic mass is 9.87. The van der Waals surface area contributed by atoms with Crippen molar-refractivity contribution >= 4 is 35.3 Å². The summed E-state index contributed by atoms with van der Waals surface area (Å²) in [6, 6.07) is 16.5. The van der Waals surface area contributed by atoms with Gasteiger partial charge in [0, 0.05) is 16.7 Å². The Labute approximate surface area is 180 Å². The van der Waals surface area contributed by atoms with E-state index in [2.05, 4.69) is 12.2 Å². The maximum absolute atomic E-state index is 13.3. The Morgan fingerprint density at radius 1 is 1.13 bits per heavy atom. The fourth-order valence-corrected chi connectivity index (χ4v) is 5.21. The monoisotopic (exact) mass is 423 g/mol. The molecule has 0 radical (unpaired) electrons. The molecule has 0 unspecified atom stereocenters. The molecule has 0 bridgehead atoms. The summed E-state index contributed by atoms with van der Waals surface area (Å²) < 4.78 is 0. The first-order valence-electron chi connectivity index (χ1n) is 10.2. The maximum Gasteiger partial charge on any atom is 0.325 e. The zero-order valence-corrected chi connectivity index (χ0v) is 17.9. The van der Waals surface area contributed by atoms with Crippen molar-refractivity contribution in [1.82, 2.24) is 10.2 Å². The molecule has 6 nitrogen and oxygen atoms in total. The van der Waals surface area contributed by atoms with Gasteiger partial charge in [0.2, 0.25) is 5.91 Å². The Morgan fingerprint density at radius 3 is 2.57 bits per heavy atom. The van der Waals surface area contributed by atoms with E-state index >= 15 is 0 Å². The molecule has 156 valence electrons. The quantitative estimate of drug-likeness (QED) is 0.761. The van der Waals surface area contributed by atoms with Gasteiger partial charge in [-0.05, 0) is 30.5 Å². The smallest absolute Gasteiger partial charge is 0.319 e. The van der Waals surface area contributed by atoms with Crippen molar-refractivity contribution < 1.29 is 14.4 Å². The van der Waals surface area contributed by atoms with Crippen LogP contribution in [-0.4, -0.2) is 41.1 Å². The lowest BCUT2D eigenvalue weighted by Crippen LogP contribution is -2.46. The fraction of sp³-hybridized carbons (Fsp3) is 0.348.